The maximum atomic E-state index is 12.7. The number of rotatable bonds is 48. The number of hydrogen-bond acceptors (Lipinski definition) is 6. The second kappa shape index (κ2) is 47.5. The van der Waals surface area contributed by atoms with Crippen LogP contribution in [0.25, 0.3) is 0 Å². The highest BCUT2D eigenvalue weighted by Gasteiger charge is 2.19. The van der Waals surface area contributed by atoms with Gasteiger partial charge in [0.15, 0.2) is 6.10 Å². The molecule has 0 aliphatic carbocycles. The van der Waals surface area contributed by atoms with Gasteiger partial charge in [0.05, 0.1) is 0 Å². The molecule has 1 unspecified atom stereocenters. The zero-order chi connectivity index (χ0) is 43.1. The molecule has 0 aromatic carbocycles. The van der Waals surface area contributed by atoms with Gasteiger partial charge in [-0.3, -0.25) is 14.4 Å². The highest BCUT2D eigenvalue weighted by Crippen LogP contribution is 2.18. The van der Waals surface area contributed by atoms with Crippen LogP contribution in [0.15, 0.2) is 0 Å². The van der Waals surface area contributed by atoms with E-state index in [2.05, 4.69) is 27.7 Å². The minimum Gasteiger partial charge on any atom is -0.462 e. The van der Waals surface area contributed by atoms with Crippen molar-refractivity contribution in [2.45, 2.75) is 303 Å². The van der Waals surface area contributed by atoms with Crippen molar-refractivity contribution in [3.05, 3.63) is 0 Å². The van der Waals surface area contributed by atoms with Crippen LogP contribution in [0.4, 0.5) is 0 Å². The number of carbonyl (C=O) groups excluding carboxylic acids is 3. The summed E-state index contributed by atoms with van der Waals surface area (Å²) in [7, 11) is 0. The topological polar surface area (TPSA) is 78.9 Å². The van der Waals surface area contributed by atoms with E-state index in [1.807, 2.05) is 0 Å². The van der Waals surface area contributed by atoms with Gasteiger partial charge in [0.2, 0.25) is 0 Å². The molecule has 0 rings (SSSR count). The molecule has 0 aliphatic heterocycles. The Morgan fingerprint density at radius 3 is 0.881 bits per heavy atom. The summed E-state index contributed by atoms with van der Waals surface area (Å²) in [5.74, 6) is 0.000637. The summed E-state index contributed by atoms with van der Waals surface area (Å²) in [5.41, 5.74) is 0. The average Bonchev–Trinajstić information content (AvgIpc) is 3.23. The lowest BCUT2D eigenvalue weighted by Gasteiger charge is -2.18. The smallest absolute Gasteiger partial charge is 0.306 e. The van der Waals surface area contributed by atoms with Crippen LogP contribution in [-0.2, 0) is 28.6 Å². The Labute approximate surface area is 368 Å². The summed E-state index contributed by atoms with van der Waals surface area (Å²) < 4.78 is 16.8. The van der Waals surface area contributed by atoms with Crippen LogP contribution >= 0.6 is 0 Å². The third kappa shape index (κ3) is 45.8. The van der Waals surface area contributed by atoms with Gasteiger partial charge in [-0.05, 0) is 25.2 Å². The largest absolute Gasteiger partial charge is 0.462 e. The fourth-order valence-electron chi connectivity index (χ4n) is 8.01. The van der Waals surface area contributed by atoms with Gasteiger partial charge < -0.3 is 14.2 Å². The molecular formula is C53H102O6. The molecule has 0 saturated heterocycles. The standard InChI is InChI=1S/C53H102O6/c1-5-8-10-12-14-16-18-19-20-21-22-23-24-25-26-28-32-36-40-44-51(54)57-47-50(59-53(56)46-42-38-34-27-17-15-13-11-9-6-2)48-58-52(55)45-41-37-33-30-29-31-35-39-43-49(4)7-3/h49-50H,5-48H2,1-4H3/t49?,50-/m0/s1. The molecule has 59 heavy (non-hydrogen) atoms. The van der Waals surface area contributed by atoms with Gasteiger partial charge >= 0.3 is 17.9 Å². The lowest BCUT2D eigenvalue weighted by atomic mass is 9.99. The Morgan fingerprint density at radius 2 is 0.593 bits per heavy atom. The molecule has 6 nitrogen and oxygen atoms in total. The van der Waals surface area contributed by atoms with Gasteiger partial charge in [0.1, 0.15) is 13.2 Å². The second-order valence-electron chi connectivity index (χ2n) is 18.4. The van der Waals surface area contributed by atoms with Crippen LogP contribution in [0, 0.1) is 5.92 Å². The minimum atomic E-state index is -0.760. The summed E-state index contributed by atoms with van der Waals surface area (Å²) in [6, 6.07) is 0. The van der Waals surface area contributed by atoms with E-state index in [0.717, 1.165) is 63.7 Å². The summed E-state index contributed by atoms with van der Waals surface area (Å²) in [6.07, 6.45) is 49.5. The van der Waals surface area contributed by atoms with Crippen LogP contribution in [0.5, 0.6) is 0 Å². The van der Waals surface area contributed by atoms with Crippen LogP contribution in [0.1, 0.15) is 297 Å². The van der Waals surface area contributed by atoms with Crippen LogP contribution in [0.3, 0.4) is 0 Å². The van der Waals surface area contributed by atoms with Gasteiger partial charge in [-0.25, -0.2) is 0 Å². The van der Waals surface area contributed by atoms with Crippen molar-refractivity contribution in [1.82, 2.24) is 0 Å². The number of carbonyl (C=O) groups is 3. The minimum absolute atomic E-state index is 0.0631. The van der Waals surface area contributed by atoms with E-state index in [1.165, 1.54) is 193 Å². The molecule has 0 spiro atoms. The fourth-order valence-corrected chi connectivity index (χ4v) is 8.01. The molecule has 0 N–H and O–H groups in total. The molecule has 6 heteroatoms. The molecule has 0 fully saturated rings. The predicted octanol–water partition coefficient (Wildman–Crippen LogP) is 17.1. The van der Waals surface area contributed by atoms with Gasteiger partial charge in [0.25, 0.3) is 0 Å². The second-order valence-corrected chi connectivity index (χ2v) is 18.4. The van der Waals surface area contributed by atoms with Gasteiger partial charge in [-0.2, -0.15) is 0 Å². The first kappa shape index (κ1) is 57.4. The lowest BCUT2D eigenvalue weighted by molar-refractivity contribution is -0.167. The Bertz CT molecular complexity index is 889. The van der Waals surface area contributed by atoms with Gasteiger partial charge in [0, 0.05) is 19.3 Å². The van der Waals surface area contributed by atoms with E-state index in [9.17, 15) is 14.4 Å². The molecule has 350 valence electrons. The van der Waals surface area contributed by atoms with Crippen molar-refractivity contribution >= 4 is 17.9 Å². The van der Waals surface area contributed by atoms with Crippen molar-refractivity contribution in [2.75, 3.05) is 13.2 Å². The third-order valence-corrected chi connectivity index (χ3v) is 12.4. The van der Waals surface area contributed by atoms with E-state index < -0.39 is 6.10 Å². The number of hydrogen-bond donors (Lipinski definition) is 0. The SMILES string of the molecule is CCCCCCCCCCCCCCCCCCCCCC(=O)OC[C@@H](COC(=O)CCCCCCCCCCC(C)CC)OC(=O)CCCCCCCCCCCC. The number of ether oxygens (including phenoxy) is 3. The summed E-state index contributed by atoms with van der Waals surface area (Å²) >= 11 is 0. The maximum absolute atomic E-state index is 12.7. The molecule has 0 radical (unpaired) electrons. The Morgan fingerprint density at radius 1 is 0.339 bits per heavy atom. The highest BCUT2D eigenvalue weighted by molar-refractivity contribution is 5.71. The lowest BCUT2D eigenvalue weighted by Crippen LogP contribution is -2.30. The number of unbranched alkanes of at least 4 members (excludes halogenated alkanes) is 34. The molecule has 0 bridgehead atoms. The first-order valence-electron chi connectivity index (χ1n) is 26.4. The van der Waals surface area contributed by atoms with E-state index in [4.69, 9.17) is 14.2 Å². The number of esters is 3. The predicted molar refractivity (Wildman–Crippen MR) is 252 cm³/mol. The van der Waals surface area contributed by atoms with Crippen molar-refractivity contribution in [3.63, 3.8) is 0 Å². The van der Waals surface area contributed by atoms with Gasteiger partial charge in [-0.1, -0.05) is 259 Å². The van der Waals surface area contributed by atoms with E-state index in [1.54, 1.807) is 0 Å². The average molecular weight is 835 g/mol. The summed E-state index contributed by atoms with van der Waals surface area (Å²) in [5, 5.41) is 0. The van der Waals surface area contributed by atoms with Crippen molar-refractivity contribution in [2.24, 2.45) is 5.92 Å². The molecule has 0 aromatic rings. The molecule has 0 amide bonds. The first-order chi connectivity index (χ1) is 28.9. The van der Waals surface area contributed by atoms with Crippen molar-refractivity contribution in [1.29, 1.82) is 0 Å². The van der Waals surface area contributed by atoms with E-state index in [-0.39, 0.29) is 31.1 Å². The Hall–Kier alpha value is -1.59. The van der Waals surface area contributed by atoms with Gasteiger partial charge in [-0.15, -0.1) is 0 Å². The molecule has 2 atom stereocenters. The molecular weight excluding hydrogens is 733 g/mol. The van der Waals surface area contributed by atoms with Crippen LogP contribution < -0.4 is 0 Å². The molecule has 0 heterocycles. The first-order valence-corrected chi connectivity index (χ1v) is 26.4. The maximum Gasteiger partial charge on any atom is 0.306 e. The Balaban J connectivity index is 4.22. The molecule has 0 aromatic heterocycles. The quantitative estimate of drug-likeness (QED) is 0.0345. The Kier molecular flexibility index (Phi) is 46.2. The van der Waals surface area contributed by atoms with Crippen molar-refractivity contribution < 1.29 is 28.6 Å². The van der Waals surface area contributed by atoms with E-state index >= 15 is 0 Å². The monoisotopic (exact) mass is 835 g/mol. The zero-order valence-corrected chi connectivity index (χ0v) is 40.2. The van der Waals surface area contributed by atoms with Crippen LogP contribution in [-0.4, -0.2) is 37.2 Å². The molecule has 0 saturated carbocycles. The van der Waals surface area contributed by atoms with E-state index in [0.29, 0.717) is 19.3 Å². The summed E-state index contributed by atoms with van der Waals surface area (Å²) in [4.78, 5) is 37.9. The normalized spacial score (nSPS) is 12.4. The zero-order valence-electron chi connectivity index (χ0n) is 40.2. The highest BCUT2D eigenvalue weighted by atomic mass is 16.6. The molecule has 0 aliphatic rings. The summed E-state index contributed by atoms with van der Waals surface area (Å²) in [6.45, 7) is 9.02. The van der Waals surface area contributed by atoms with Crippen molar-refractivity contribution in [3.8, 4) is 0 Å². The van der Waals surface area contributed by atoms with Crippen LogP contribution in [0.2, 0.25) is 0 Å². The third-order valence-electron chi connectivity index (χ3n) is 12.4. The fraction of sp³-hybridized carbons (Fsp3) is 0.943.